The largest absolute Gasteiger partial charge is 0.464 e. The smallest absolute Gasteiger partial charge is 0.122 e. The van der Waals surface area contributed by atoms with E-state index >= 15 is 0 Å². The lowest BCUT2D eigenvalue weighted by Crippen LogP contribution is -2.47. The van der Waals surface area contributed by atoms with E-state index in [0.717, 1.165) is 37.5 Å². The van der Waals surface area contributed by atoms with E-state index in [4.69, 9.17) is 14.9 Å². The number of likely N-dealkylation sites (tertiary alicyclic amines) is 1. The maximum atomic E-state index is 5.97. The van der Waals surface area contributed by atoms with Crippen LogP contribution in [0.4, 0.5) is 0 Å². The summed E-state index contributed by atoms with van der Waals surface area (Å²) in [4.78, 5) is 2.40. The summed E-state index contributed by atoms with van der Waals surface area (Å²) in [5, 5.41) is 0. The van der Waals surface area contributed by atoms with Crippen molar-refractivity contribution in [3.8, 4) is 0 Å². The van der Waals surface area contributed by atoms with Crippen LogP contribution >= 0.6 is 0 Å². The number of nitrogens with zero attached hydrogens (tertiary/aromatic N) is 1. The average molecular weight is 266 g/mol. The first-order chi connectivity index (χ1) is 9.19. The Kier molecular flexibility index (Phi) is 5.02. The van der Waals surface area contributed by atoms with Crippen LogP contribution in [-0.4, -0.2) is 37.7 Å². The molecule has 4 nitrogen and oxygen atoms in total. The highest BCUT2D eigenvalue weighted by molar-refractivity contribution is 5.12. The van der Waals surface area contributed by atoms with Crippen molar-refractivity contribution >= 4 is 0 Å². The Hall–Kier alpha value is -0.840. The molecule has 0 aliphatic carbocycles. The second kappa shape index (κ2) is 6.55. The van der Waals surface area contributed by atoms with Crippen LogP contribution in [-0.2, 0) is 11.2 Å². The van der Waals surface area contributed by atoms with Crippen molar-refractivity contribution in [1.82, 2.24) is 4.90 Å². The zero-order valence-corrected chi connectivity index (χ0v) is 12.3. The van der Waals surface area contributed by atoms with Crippen molar-refractivity contribution in [2.24, 2.45) is 11.7 Å². The van der Waals surface area contributed by atoms with E-state index in [1.54, 1.807) is 7.11 Å². The summed E-state index contributed by atoms with van der Waals surface area (Å²) in [6, 6.07) is 4.29. The summed E-state index contributed by atoms with van der Waals surface area (Å²) >= 11 is 0. The number of aryl methyl sites for hydroxylation is 1. The fourth-order valence-corrected chi connectivity index (χ4v) is 2.86. The molecule has 0 amide bonds. The highest BCUT2D eigenvalue weighted by Crippen LogP contribution is 2.28. The summed E-state index contributed by atoms with van der Waals surface area (Å²) in [7, 11) is 1.80. The molecule has 1 aromatic rings. The molecule has 2 heterocycles. The summed E-state index contributed by atoms with van der Waals surface area (Å²) in [5.74, 6) is 2.63. The van der Waals surface area contributed by atoms with Gasteiger partial charge in [-0.05, 0) is 31.0 Å². The number of furan rings is 1. The molecular weight excluding hydrogens is 240 g/mol. The quantitative estimate of drug-likeness (QED) is 0.887. The fourth-order valence-electron chi connectivity index (χ4n) is 2.86. The normalized spacial score (nSPS) is 26.5. The number of hydrogen-bond donors (Lipinski definition) is 1. The fraction of sp³-hybridized carbons (Fsp3) is 0.733. The van der Waals surface area contributed by atoms with Crippen LogP contribution in [0.5, 0.6) is 0 Å². The molecule has 0 radical (unpaired) electrons. The molecule has 3 unspecified atom stereocenters. The van der Waals surface area contributed by atoms with Gasteiger partial charge in [-0.2, -0.15) is 0 Å². The molecule has 2 rings (SSSR count). The van der Waals surface area contributed by atoms with Gasteiger partial charge in [-0.3, -0.25) is 4.90 Å². The zero-order chi connectivity index (χ0) is 13.8. The van der Waals surface area contributed by atoms with E-state index in [1.165, 1.54) is 0 Å². The van der Waals surface area contributed by atoms with Crippen molar-refractivity contribution < 1.29 is 9.15 Å². The van der Waals surface area contributed by atoms with Crippen LogP contribution in [0.25, 0.3) is 0 Å². The third-order valence-corrected chi connectivity index (χ3v) is 4.25. The minimum absolute atomic E-state index is 0.172. The first-order valence-corrected chi connectivity index (χ1v) is 7.25. The second-order valence-corrected chi connectivity index (χ2v) is 5.44. The third-order valence-electron chi connectivity index (χ3n) is 4.25. The van der Waals surface area contributed by atoms with Crippen molar-refractivity contribution in [2.45, 2.75) is 38.8 Å². The monoisotopic (exact) mass is 266 g/mol. The topological polar surface area (TPSA) is 51.6 Å². The molecule has 0 bridgehead atoms. The van der Waals surface area contributed by atoms with Crippen molar-refractivity contribution in [3.63, 3.8) is 0 Å². The van der Waals surface area contributed by atoms with Gasteiger partial charge in [0.15, 0.2) is 0 Å². The summed E-state index contributed by atoms with van der Waals surface area (Å²) < 4.78 is 11.4. The van der Waals surface area contributed by atoms with E-state index in [1.807, 2.05) is 0 Å². The Morgan fingerprint density at radius 2 is 2.32 bits per heavy atom. The molecule has 0 saturated carbocycles. The lowest BCUT2D eigenvalue weighted by Gasteiger charge is -2.39. The highest BCUT2D eigenvalue weighted by atomic mass is 16.5. The van der Waals surface area contributed by atoms with Crippen LogP contribution in [0.2, 0.25) is 0 Å². The molecule has 1 fully saturated rings. The van der Waals surface area contributed by atoms with E-state index < -0.39 is 0 Å². The Morgan fingerprint density at radius 1 is 1.53 bits per heavy atom. The molecule has 1 aliphatic rings. The molecule has 2 N–H and O–H groups in total. The van der Waals surface area contributed by atoms with Crippen molar-refractivity contribution in [1.29, 1.82) is 0 Å². The lowest BCUT2D eigenvalue weighted by molar-refractivity contribution is -0.0211. The molecule has 108 valence electrons. The summed E-state index contributed by atoms with van der Waals surface area (Å²) in [5.41, 5.74) is 5.97. The molecule has 19 heavy (non-hydrogen) atoms. The Morgan fingerprint density at radius 3 is 2.89 bits per heavy atom. The summed E-state index contributed by atoms with van der Waals surface area (Å²) in [6.45, 7) is 6.93. The molecule has 1 saturated heterocycles. The maximum absolute atomic E-state index is 5.97. The molecular formula is C15H26N2O2. The second-order valence-electron chi connectivity index (χ2n) is 5.44. The van der Waals surface area contributed by atoms with Gasteiger partial charge >= 0.3 is 0 Å². The number of piperidine rings is 1. The highest BCUT2D eigenvalue weighted by Gasteiger charge is 2.31. The Balaban J connectivity index is 2.09. The molecule has 4 heteroatoms. The first-order valence-electron chi connectivity index (χ1n) is 7.25. The Labute approximate surface area is 115 Å². The number of rotatable bonds is 5. The third kappa shape index (κ3) is 3.19. The van der Waals surface area contributed by atoms with Gasteiger partial charge in [-0.25, -0.2) is 0 Å². The van der Waals surface area contributed by atoms with Gasteiger partial charge < -0.3 is 14.9 Å². The van der Waals surface area contributed by atoms with E-state index in [-0.39, 0.29) is 6.04 Å². The number of hydrogen-bond acceptors (Lipinski definition) is 4. The predicted octanol–water partition coefficient (Wildman–Crippen LogP) is 2.20. The molecule has 0 aromatic carbocycles. The van der Waals surface area contributed by atoms with Gasteiger partial charge in [0.25, 0.3) is 0 Å². The molecule has 1 aromatic heterocycles. The van der Waals surface area contributed by atoms with Crippen LogP contribution in [0.3, 0.4) is 0 Å². The zero-order valence-electron chi connectivity index (χ0n) is 12.3. The van der Waals surface area contributed by atoms with Crippen LogP contribution in [0, 0.1) is 5.92 Å². The Bertz CT molecular complexity index is 391. The molecule has 0 spiro atoms. The molecule has 1 aliphatic heterocycles. The molecule has 3 atom stereocenters. The first kappa shape index (κ1) is 14.6. The predicted molar refractivity (Wildman–Crippen MR) is 76.0 cm³/mol. The van der Waals surface area contributed by atoms with Crippen molar-refractivity contribution in [3.05, 3.63) is 23.7 Å². The number of nitrogens with two attached hydrogens (primary N) is 1. The minimum Gasteiger partial charge on any atom is -0.464 e. The van der Waals surface area contributed by atoms with E-state index in [9.17, 15) is 0 Å². The van der Waals surface area contributed by atoms with Gasteiger partial charge in [0.05, 0.1) is 12.1 Å². The van der Waals surface area contributed by atoms with Gasteiger partial charge in [0.1, 0.15) is 11.5 Å². The van der Waals surface area contributed by atoms with Crippen LogP contribution in [0.15, 0.2) is 16.5 Å². The van der Waals surface area contributed by atoms with Gasteiger partial charge in [-0.1, -0.05) is 13.8 Å². The average Bonchev–Trinajstić information content (AvgIpc) is 2.90. The minimum atomic E-state index is 0.172. The van der Waals surface area contributed by atoms with Crippen molar-refractivity contribution in [2.75, 3.05) is 26.7 Å². The lowest BCUT2D eigenvalue weighted by atomic mass is 9.94. The number of methoxy groups -OCH3 is 1. The van der Waals surface area contributed by atoms with E-state index in [0.29, 0.717) is 18.6 Å². The standard InChI is InChI=1S/C15H26N2O2/c1-4-12-5-6-14(19-12)13(9-16)17-8-7-11(2)15(10-17)18-3/h5-6,11,13,15H,4,7-10,16H2,1-3H3. The SMILES string of the molecule is CCc1ccc(C(CN)N2CCC(C)C(OC)C2)o1. The van der Waals surface area contributed by atoms with Gasteiger partial charge in [0, 0.05) is 26.6 Å². The summed E-state index contributed by atoms with van der Waals surface area (Å²) in [6.07, 6.45) is 2.37. The van der Waals surface area contributed by atoms with Crippen LogP contribution in [0.1, 0.15) is 37.8 Å². The van der Waals surface area contributed by atoms with Crippen LogP contribution < -0.4 is 5.73 Å². The van der Waals surface area contributed by atoms with Gasteiger partial charge in [-0.15, -0.1) is 0 Å². The van der Waals surface area contributed by atoms with Gasteiger partial charge in [0.2, 0.25) is 0 Å². The number of ether oxygens (including phenoxy) is 1. The van der Waals surface area contributed by atoms with E-state index in [2.05, 4.69) is 30.9 Å². The maximum Gasteiger partial charge on any atom is 0.122 e.